The van der Waals surface area contributed by atoms with E-state index in [-0.39, 0.29) is 12.2 Å². The molecule has 0 amide bonds. The number of benzene rings is 1. The molecule has 1 aliphatic rings. The standard InChI is InChI=1S/C17H27NO2/c1-12(2)15(8-9-19)18-11-14-7-5-6-13-10-17(3,4)20-16(13)14/h5-7,12,15,18-19H,8-11H2,1-4H3. The minimum absolute atomic E-state index is 0.0962. The van der Waals surface area contributed by atoms with Crippen LogP contribution in [-0.2, 0) is 13.0 Å². The Morgan fingerprint density at radius 1 is 1.35 bits per heavy atom. The molecule has 1 aromatic carbocycles. The van der Waals surface area contributed by atoms with Crippen molar-refractivity contribution in [1.82, 2.24) is 5.32 Å². The first-order valence-corrected chi connectivity index (χ1v) is 7.57. The first-order chi connectivity index (χ1) is 9.43. The van der Waals surface area contributed by atoms with E-state index in [4.69, 9.17) is 9.84 Å². The van der Waals surface area contributed by atoms with Gasteiger partial charge in [-0.1, -0.05) is 32.0 Å². The molecule has 2 N–H and O–H groups in total. The van der Waals surface area contributed by atoms with Crippen LogP contribution in [0.25, 0.3) is 0 Å². The molecule has 3 nitrogen and oxygen atoms in total. The van der Waals surface area contributed by atoms with Crippen molar-refractivity contribution < 1.29 is 9.84 Å². The Kier molecular flexibility index (Phi) is 4.71. The lowest BCUT2D eigenvalue weighted by Crippen LogP contribution is -2.34. The number of nitrogens with one attached hydrogen (secondary N) is 1. The normalized spacial score (nSPS) is 17.9. The summed E-state index contributed by atoms with van der Waals surface area (Å²) in [5.41, 5.74) is 2.43. The van der Waals surface area contributed by atoms with E-state index in [1.807, 2.05) is 0 Å². The minimum atomic E-state index is -0.0962. The highest BCUT2D eigenvalue weighted by Crippen LogP contribution is 2.37. The van der Waals surface area contributed by atoms with Gasteiger partial charge in [-0.05, 0) is 31.7 Å². The molecular weight excluding hydrogens is 250 g/mol. The fourth-order valence-electron chi connectivity index (χ4n) is 2.87. The molecular formula is C17H27NO2. The van der Waals surface area contributed by atoms with Crippen molar-refractivity contribution in [1.29, 1.82) is 0 Å². The van der Waals surface area contributed by atoms with E-state index < -0.39 is 0 Å². The molecule has 1 atom stereocenters. The van der Waals surface area contributed by atoms with Crippen LogP contribution in [0.4, 0.5) is 0 Å². The molecule has 1 heterocycles. The van der Waals surface area contributed by atoms with Crippen LogP contribution in [0.3, 0.4) is 0 Å². The van der Waals surface area contributed by atoms with E-state index in [2.05, 4.69) is 51.2 Å². The van der Waals surface area contributed by atoms with E-state index in [1.54, 1.807) is 0 Å². The van der Waals surface area contributed by atoms with Crippen LogP contribution in [0.15, 0.2) is 18.2 Å². The van der Waals surface area contributed by atoms with Crippen LogP contribution < -0.4 is 10.1 Å². The fourth-order valence-corrected chi connectivity index (χ4v) is 2.87. The second-order valence-corrected chi connectivity index (χ2v) is 6.69. The van der Waals surface area contributed by atoms with Gasteiger partial charge in [-0.25, -0.2) is 0 Å². The molecule has 1 aromatic rings. The van der Waals surface area contributed by atoms with Crippen LogP contribution in [0.5, 0.6) is 5.75 Å². The minimum Gasteiger partial charge on any atom is -0.487 e. The highest BCUT2D eigenvalue weighted by Gasteiger charge is 2.31. The molecule has 0 saturated heterocycles. The van der Waals surface area contributed by atoms with Gasteiger partial charge in [-0.15, -0.1) is 0 Å². The van der Waals surface area contributed by atoms with Crippen LogP contribution in [0.1, 0.15) is 45.2 Å². The van der Waals surface area contributed by atoms with Gasteiger partial charge in [-0.3, -0.25) is 0 Å². The molecule has 0 saturated carbocycles. The Morgan fingerprint density at radius 2 is 2.10 bits per heavy atom. The number of aliphatic hydroxyl groups excluding tert-OH is 1. The van der Waals surface area contributed by atoms with Gasteiger partial charge in [0.15, 0.2) is 0 Å². The van der Waals surface area contributed by atoms with Crippen molar-refractivity contribution in [3.8, 4) is 5.75 Å². The summed E-state index contributed by atoms with van der Waals surface area (Å²) >= 11 is 0. The van der Waals surface area contributed by atoms with Crippen molar-refractivity contribution in [2.24, 2.45) is 5.92 Å². The van der Waals surface area contributed by atoms with E-state index in [1.165, 1.54) is 11.1 Å². The molecule has 1 unspecified atom stereocenters. The van der Waals surface area contributed by atoms with Gasteiger partial charge in [0.05, 0.1) is 0 Å². The third kappa shape index (κ3) is 3.53. The Hall–Kier alpha value is -1.06. The molecule has 20 heavy (non-hydrogen) atoms. The van der Waals surface area contributed by atoms with Gasteiger partial charge >= 0.3 is 0 Å². The maximum atomic E-state index is 9.14. The van der Waals surface area contributed by atoms with Crippen molar-refractivity contribution in [2.45, 2.75) is 58.7 Å². The molecule has 3 heteroatoms. The van der Waals surface area contributed by atoms with Crippen LogP contribution in [-0.4, -0.2) is 23.4 Å². The molecule has 0 aromatic heterocycles. The van der Waals surface area contributed by atoms with Crippen molar-refractivity contribution in [3.05, 3.63) is 29.3 Å². The zero-order valence-corrected chi connectivity index (χ0v) is 13.1. The van der Waals surface area contributed by atoms with Gasteiger partial charge < -0.3 is 15.2 Å². The Bertz CT molecular complexity index is 454. The van der Waals surface area contributed by atoms with E-state index in [0.717, 1.165) is 25.1 Å². The van der Waals surface area contributed by atoms with Crippen LogP contribution >= 0.6 is 0 Å². The molecule has 0 spiro atoms. The maximum absolute atomic E-state index is 9.14. The zero-order chi connectivity index (χ0) is 14.8. The third-order valence-electron chi connectivity index (χ3n) is 3.97. The van der Waals surface area contributed by atoms with Crippen LogP contribution in [0, 0.1) is 5.92 Å². The lowest BCUT2D eigenvalue weighted by molar-refractivity contribution is 0.137. The average molecular weight is 277 g/mol. The first-order valence-electron chi connectivity index (χ1n) is 7.57. The molecule has 1 aliphatic heterocycles. The summed E-state index contributed by atoms with van der Waals surface area (Å²) in [4.78, 5) is 0. The summed E-state index contributed by atoms with van der Waals surface area (Å²) < 4.78 is 6.09. The topological polar surface area (TPSA) is 41.5 Å². The van der Waals surface area contributed by atoms with E-state index in [9.17, 15) is 0 Å². The quantitative estimate of drug-likeness (QED) is 0.840. The number of fused-ring (bicyclic) bond motifs is 1. The highest BCUT2D eigenvalue weighted by molar-refractivity contribution is 5.45. The number of ether oxygens (including phenoxy) is 1. The number of para-hydroxylation sites is 1. The number of hydrogen-bond donors (Lipinski definition) is 2. The Morgan fingerprint density at radius 3 is 2.75 bits per heavy atom. The van der Waals surface area contributed by atoms with Gasteiger partial charge in [0.1, 0.15) is 11.4 Å². The number of rotatable bonds is 6. The smallest absolute Gasteiger partial charge is 0.127 e. The molecule has 0 aliphatic carbocycles. The van der Waals surface area contributed by atoms with Gasteiger partial charge in [0.2, 0.25) is 0 Å². The summed E-state index contributed by atoms with van der Waals surface area (Å²) in [6, 6.07) is 6.73. The lowest BCUT2D eigenvalue weighted by Gasteiger charge is -2.23. The second kappa shape index (κ2) is 6.15. The Balaban J connectivity index is 2.06. The van der Waals surface area contributed by atoms with Gasteiger partial charge in [0.25, 0.3) is 0 Å². The predicted molar refractivity (Wildman–Crippen MR) is 82.0 cm³/mol. The lowest BCUT2D eigenvalue weighted by atomic mass is 9.99. The summed E-state index contributed by atoms with van der Waals surface area (Å²) in [6.45, 7) is 9.65. The summed E-state index contributed by atoms with van der Waals surface area (Å²) in [6.07, 6.45) is 1.76. The van der Waals surface area contributed by atoms with E-state index in [0.29, 0.717) is 12.0 Å². The fraction of sp³-hybridized carbons (Fsp3) is 0.647. The van der Waals surface area contributed by atoms with Crippen molar-refractivity contribution in [3.63, 3.8) is 0 Å². The highest BCUT2D eigenvalue weighted by atomic mass is 16.5. The van der Waals surface area contributed by atoms with Gasteiger partial charge in [-0.2, -0.15) is 0 Å². The summed E-state index contributed by atoms with van der Waals surface area (Å²) in [5, 5.41) is 12.7. The summed E-state index contributed by atoms with van der Waals surface area (Å²) in [7, 11) is 0. The molecule has 2 rings (SSSR count). The molecule has 0 fully saturated rings. The average Bonchev–Trinajstić information content (AvgIpc) is 2.68. The monoisotopic (exact) mass is 277 g/mol. The van der Waals surface area contributed by atoms with Crippen molar-refractivity contribution >= 4 is 0 Å². The SMILES string of the molecule is CC(C)C(CCO)NCc1cccc2c1OC(C)(C)C2. The zero-order valence-electron chi connectivity index (χ0n) is 13.1. The molecule has 0 bridgehead atoms. The van der Waals surface area contributed by atoms with Crippen LogP contribution in [0.2, 0.25) is 0 Å². The largest absolute Gasteiger partial charge is 0.487 e. The number of hydrogen-bond acceptors (Lipinski definition) is 3. The molecule has 0 radical (unpaired) electrons. The van der Waals surface area contributed by atoms with Crippen molar-refractivity contribution in [2.75, 3.05) is 6.61 Å². The Labute approximate surface area is 122 Å². The first kappa shape index (κ1) is 15.3. The third-order valence-corrected chi connectivity index (χ3v) is 3.97. The maximum Gasteiger partial charge on any atom is 0.127 e. The molecule has 112 valence electrons. The van der Waals surface area contributed by atoms with Gasteiger partial charge in [0, 0.05) is 31.2 Å². The predicted octanol–water partition coefficient (Wildman–Crippen LogP) is 2.90. The number of aliphatic hydroxyl groups is 1. The van der Waals surface area contributed by atoms with E-state index >= 15 is 0 Å². The summed E-state index contributed by atoms with van der Waals surface area (Å²) in [5.74, 6) is 1.56. The second-order valence-electron chi connectivity index (χ2n) is 6.69.